The first-order chi connectivity index (χ1) is 12.3. The molecule has 0 spiro atoms. The van der Waals surface area contributed by atoms with E-state index >= 15 is 0 Å². The van der Waals surface area contributed by atoms with E-state index in [9.17, 15) is 13.2 Å². The van der Waals surface area contributed by atoms with Crippen LogP contribution in [-0.4, -0.2) is 56.3 Å². The Kier molecular flexibility index (Phi) is 5.01. The standard InChI is InChI=1S/C17H22N4O4S/c1-21(2)26(23,24)10-15-19-13-8-11(9-18-17(22)16(13)20-15)12-6-4-5-7-14(12)25-3/h4-7,11H,8-10H2,1-3H3,(H,18,22)(H,19,20)/t11-/m1/s1. The molecule has 1 aliphatic rings. The molecule has 0 saturated heterocycles. The van der Waals surface area contributed by atoms with Crippen molar-refractivity contribution in [2.75, 3.05) is 27.7 Å². The summed E-state index contributed by atoms with van der Waals surface area (Å²) in [7, 11) is 1.08. The van der Waals surface area contributed by atoms with E-state index in [4.69, 9.17) is 4.74 Å². The molecule has 26 heavy (non-hydrogen) atoms. The lowest BCUT2D eigenvalue weighted by molar-refractivity contribution is 0.0950. The summed E-state index contributed by atoms with van der Waals surface area (Å²) in [5.41, 5.74) is 1.88. The van der Waals surface area contributed by atoms with Gasteiger partial charge in [-0.3, -0.25) is 4.79 Å². The summed E-state index contributed by atoms with van der Waals surface area (Å²) < 4.78 is 30.7. The minimum Gasteiger partial charge on any atom is -0.496 e. The lowest BCUT2D eigenvalue weighted by Gasteiger charge is -2.17. The van der Waals surface area contributed by atoms with Crippen LogP contribution < -0.4 is 10.1 Å². The Bertz CT molecular complexity index is 921. The Morgan fingerprint density at radius 1 is 1.31 bits per heavy atom. The summed E-state index contributed by atoms with van der Waals surface area (Å²) in [5.74, 6) is 0.432. The fraction of sp³-hybridized carbons (Fsp3) is 0.412. The molecule has 2 aromatic rings. The minimum atomic E-state index is -3.47. The van der Waals surface area contributed by atoms with Gasteiger partial charge in [-0.05, 0) is 18.1 Å². The Hall–Kier alpha value is -2.39. The predicted octanol–water partition coefficient (Wildman–Crippen LogP) is 0.879. The molecule has 0 saturated carbocycles. The summed E-state index contributed by atoms with van der Waals surface area (Å²) in [6.45, 7) is 0.453. The van der Waals surface area contributed by atoms with Crippen LogP contribution in [0.1, 0.15) is 33.5 Å². The van der Waals surface area contributed by atoms with E-state index in [-0.39, 0.29) is 29.1 Å². The topological polar surface area (TPSA) is 104 Å². The smallest absolute Gasteiger partial charge is 0.271 e. The third-order valence-corrected chi connectivity index (χ3v) is 6.21. The number of benzene rings is 1. The maximum Gasteiger partial charge on any atom is 0.271 e. The number of hydrogen-bond donors (Lipinski definition) is 2. The van der Waals surface area contributed by atoms with E-state index in [2.05, 4.69) is 15.3 Å². The van der Waals surface area contributed by atoms with E-state index in [1.165, 1.54) is 14.1 Å². The number of amides is 1. The van der Waals surface area contributed by atoms with Gasteiger partial charge in [-0.25, -0.2) is 17.7 Å². The molecule has 1 atom stereocenters. The average Bonchev–Trinajstić information content (AvgIpc) is 2.93. The highest BCUT2D eigenvalue weighted by Gasteiger charge is 2.28. The summed E-state index contributed by atoms with van der Waals surface area (Å²) >= 11 is 0. The van der Waals surface area contributed by atoms with Crippen LogP contribution in [0.5, 0.6) is 5.75 Å². The molecular formula is C17H22N4O4S. The largest absolute Gasteiger partial charge is 0.496 e. The van der Waals surface area contributed by atoms with Crippen molar-refractivity contribution in [2.24, 2.45) is 0 Å². The Labute approximate surface area is 152 Å². The van der Waals surface area contributed by atoms with Crippen LogP contribution in [0.4, 0.5) is 0 Å². The number of para-hydroxylation sites is 1. The number of aromatic amines is 1. The number of hydrogen-bond acceptors (Lipinski definition) is 5. The van der Waals surface area contributed by atoms with Crippen LogP contribution in [0.2, 0.25) is 0 Å². The zero-order chi connectivity index (χ0) is 18.9. The number of nitrogens with one attached hydrogen (secondary N) is 2. The molecule has 0 aliphatic carbocycles. The van der Waals surface area contributed by atoms with Crippen LogP contribution in [-0.2, 0) is 22.2 Å². The van der Waals surface area contributed by atoms with Crippen molar-refractivity contribution in [3.05, 3.63) is 47.0 Å². The van der Waals surface area contributed by atoms with Crippen LogP contribution >= 0.6 is 0 Å². The second-order valence-electron chi connectivity index (χ2n) is 6.40. The fourth-order valence-electron chi connectivity index (χ4n) is 3.01. The molecular weight excluding hydrogens is 356 g/mol. The van der Waals surface area contributed by atoms with Crippen LogP contribution in [0.15, 0.2) is 24.3 Å². The van der Waals surface area contributed by atoms with Crippen LogP contribution in [0.25, 0.3) is 0 Å². The fourth-order valence-corrected chi connectivity index (χ4v) is 3.75. The highest BCUT2D eigenvalue weighted by Crippen LogP contribution is 2.30. The molecule has 8 nitrogen and oxygen atoms in total. The van der Waals surface area contributed by atoms with Crippen molar-refractivity contribution in [1.29, 1.82) is 0 Å². The maximum absolute atomic E-state index is 12.4. The first kappa shape index (κ1) is 18.4. The van der Waals surface area contributed by atoms with Crippen LogP contribution in [0.3, 0.4) is 0 Å². The lowest BCUT2D eigenvalue weighted by atomic mass is 9.93. The molecule has 0 radical (unpaired) electrons. The first-order valence-electron chi connectivity index (χ1n) is 8.21. The summed E-state index contributed by atoms with van der Waals surface area (Å²) in [6, 6.07) is 7.66. The van der Waals surface area contributed by atoms with Gasteiger partial charge in [-0.1, -0.05) is 18.2 Å². The zero-order valence-corrected chi connectivity index (χ0v) is 15.8. The predicted molar refractivity (Wildman–Crippen MR) is 96.7 cm³/mol. The average molecular weight is 378 g/mol. The van der Waals surface area contributed by atoms with Gasteiger partial charge in [-0.15, -0.1) is 0 Å². The van der Waals surface area contributed by atoms with E-state index in [0.29, 0.717) is 18.7 Å². The molecule has 2 heterocycles. The molecule has 3 rings (SSSR count). The molecule has 140 valence electrons. The first-order valence-corrected chi connectivity index (χ1v) is 9.82. The molecule has 2 N–H and O–H groups in total. The van der Waals surface area contributed by atoms with Crippen molar-refractivity contribution < 1.29 is 17.9 Å². The van der Waals surface area contributed by atoms with Gasteiger partial charge in [0.2, 0.25) is 10.0 Å². The minimum absolute atomic E-state index is 0.00453. The number of H-pyrrole nitrogens is 1. The Morgan fingerprint density at radius 3 is 2.73 bits per heavy atom. The normalized spacial score (nSPS) is 17.5. The molecule has 1 amide bonds. The van der Waals surface area contributed by atoms with Gasteiger partial charge in [0, 0.05) is 32.3 Å². The third kappa shape index (κ3) is 3.58. The van der Waals surface area contributed by atoms with E-state index < -0.39 is 10.0 Å². The molecule has 1 aliphatic heterocycles. The van der Waals surface area contributed by atoms with E-state index in [1.54, 1.807) is 7.11 Å². The number of methoxy groups -OCH3 is 1. The number of nitrogens with zero attached hydrogens (tertiary/aromatic N) is 2. The number of carbonyl (C=O) groups is 1. The van der Waals surface area contributed by atoms with Gasteiger partial charge in [0.15, 0.2) is 0 Å². The van der Waals surface area contributed by atoms with Gasteiger partial charge >= 0.3 is 0 Å². The second-order valence-corrected chi connectivity index (χ2v) is 8.59. The van der Waals surface area contributed by atoms with E-state index in [1.807, 2.05) is 24.3 Å². The molecule has 1 aromatic carbocycles. The molecule has 9 heteroatoms. The highest BCUT2D eigenvalue weighted by atomic mass is 32.2. The Balaban J connectivity index is 1.93. The number of ether oxygens (including phenoxy) is 1. The third-order valence-electron chi connectivity index (χ3n) is 4.46. The van der Waals surface area contributed by atoms with Crippen molar-refractivity contribution in [2.45, 2.75) is 18.1 Å². The number of carbonyl (C=O) groups excluding carboxylic acids is 1. The summed E-state index contributed by atoms with van der Waals surface area (Å²) in [5, 5.41) is 2.86. The molecule has 1 aromatic heterocycles. The molecule has 0 unspecified atom stereocenters. The number of imidazole rings is 1. The monoisotopic (exact) mass is 378 g/mol. The summed E-state index contributed by atoms with van der Waals surface area (Å²) in [6.07, 6.45) is 0.531. The van der Waals surface area contributed by atoms with Gasteiger partial charge in [0.25, 0.3) is 5.91 Å². The number of sulfonamides is 1. The lowest BCUT2D eigenvalue weighted by Crippen LogP contribution is -2.27. The van der Waals surface area contributed by atoms with Gasteiger partial charge in [0.1, 0.15) is 23.0 Å². The highest BCUT2D eigenvalue weighted by molar-refractivity contribution is 7.88. The number of fused-ring (bicyclic) bond motifs is 1. The SMILES string of the molecule is COc1ccccc1[C@H]1CNC(=O)c2nc(CS(=O)(=O)N(C)C)[nH]c2C1. The van der Waals surface area contributed by atoms with Gasteiger partial charge < -0.3 is 15.0 Å². The number of aromatic nitrogens is 2. The molecule has 0 bridgehead atoms. The van der Waals surface area contributed by atoms with E-state index in [0.717, 1.165) is 15.6 Å². The van der Waals surface area contributed by atoms with Crippen molar-refractivity contribution in [1.82, 2.24) is 19.6 Å². The van der Waals surface area contributed by atoms with Crippen molar-refractivity contribution in [3.8, 4) is 5.75 Å². The van der Waals surface area contributed by atoms with Crippen molar-refractivity contribution in [3.63, 3.8) is 0 Å². The van der Waals surface area contributed by atoms with Crippen molar-refractivity contribution >= 4 is 15.9 Å². The number of rotatable bonds is 5. The molecule has 0 fully saturated rings. The maximum atomic E-state index is 12.4. The van der Waals surface area contributed by atoms with Crippen LogP contribution in [0, 0.1) is 0 Å². The van der Waals surface area contributed by atoms with Gasteiger partial charge in [0.05, 0.1) is 7.11 Å². The second kappa shape index (κ2) is 7.08. The zero-order valence-electron chi connectivity index (χ0n) is 14.9. The quantitative estimate of drug-likeness (QED) is 0.804. The van der Waals surface area contributed by atoms with Gasteiger partial charge in [-0.2, -0.15) is 0 Å². The Morgan fingerprint density at radius 2 is 2.04 bits per heavy atom. The summed E-state index contributed by atoms with van der Waals surface area (Å²) in [4.78, 5) is 19.6.